The third kappa shape index (κ3) is 5.28. The molecule has 0 aliphatic heterocycles. The van der Waals surface area contributed by atoms with Gasteiger partial charge in [-0.25, -0.2) is 5.43 Å². The minimum atomic E-state index is -0.110. The van der Waals surface area contributed by atoms with Crippen LogP contribution in [0, 0.1) is 5.92 Å². The van der Waals surface area contributed by atoms with Gasteiger partial charge in [0.2, 0.25) is 11.8 Å². The topological polar surface area (TPSA) is 70.6 Å². The number of rotatable bonds is 7. The Morgan fingerprint density at radius 3 is 2.38 bits per heavy atom. The Balaban J connectivity index is 1.48. The molecule has 0 atom stereocenters. The van der Waals surface area contributed by atoms with Crippen molar-refractivity contribution in [1.29, 1.82) is 0 Å². The van der Waals surface area contributed by atoms with Crippen molar-refractivity contribution in [3.63, 3.8) is 0 Å². The number of hydrogen-bond acceptors (Lipinski definition) is 3. The number of aryl methyl sites for hydroxylation is 1. The minimum absolute atomic E-state index is 0.0915. The molecule has 134 valence electrons. The number of nitrogens with zero attached hydrogens (tertiary/aromatic N) is 1. The van der Waals surface area contributed by atoms with Gasteiger partial charge in [0.05, 0.1) is 5.71 Å². The van der Waals surface area contributed by atoms with Gasteiger partial charge in [-0.1, -0.05) is 42.5 Å². The summed E-state index contributed by atoms with van der Waals surface area (Å²) in [5.74, 6) is 0.166. The molecule has 5 nitrogen and oxygen atoms in total. The van der Waals surface area contributed by atoms with Crippen molar-refractivity contribution in [2.24, 2.45) is 11.0 Å². The zero-order chi connectivity index (χ0) is 18.4. The number of carbonyl (C=O) groups excluding carboxylic acids is 2. The van der Waals surface area contributed by atoms with E-state index in [-0.39, 0.29) is 17.7 Å². The second-order valence-electron chi connectivity index (χ2n) is 6.56. The van der Waals surface area contributed by atoms with Gasteiger partial charge in [0, 0.05) is 18.0 Å². The van der Waals surface area contributed by atoms with Gasteiger partial charge < -0.3 is 5.32 Å². The van der Waals surface area contributed by atoms with Crippen molar-refractivity contribution in [1.82, 2.24) is 5.43 Å². The zero-order valence-corrected chi connectivity index (χ0v) is 14.9. The zero-order valence-electron chi connectivity index (χ0n) is 14.9. The van der Waals surface area contributed by atoms with Crippen molar-refractivity contribution in [2.45, 2.75) is 32.6 Å². The van der Waals surface area contributed by atoms with Gasteiger partial charge in [0.15, 0.2) is 0 Å². The number of benzene rings is 2. The molecule has 1 fully saturated rings. The molecule has 0 heterocycles. The molecule has 0 aromatic heterocycles. The summed E-state index contributed by atoms with van der Waals surface area (Å²) in [6.07, 6.45) is 3.06. The average Bonchev–Trinajstić information content (AvgIpc) is 3.51. The lowest BCUT2D eigenvalue weighted by atomic mass is 10.1. The summed E-state index contributed by atoms with van der Waals surface area (Å²) in [6.45, 7) is 1.84. The summed E-state index contributed by atoms with van der Waals surface area (Å²) in [5.41, 5.74) is 6.14. The number of amides is 2. The van der Waals surface area contributed by atoms with E-state index in [0.29, 0.717) is 12.8 Å². The van der Waals surface area contributed by atoms with Crippen LogP contribution in [0.1, 0.15) is 37.3 Å². The fourth-order valence-corrected chi connectivity index (χ4v) is 2.55. The maximum Gasteiger partial charge on any atom is 0.240 e. The molecule has 3 rings (SSSR count). The van der Waals surface area contributed by atoms with E-state index >= 15 is 0 Å². The van der Waals surface area contributed by atoms with Crippen LogP contribution in [-0.2, 0) is 16.0 Å². The van der Waals surface area contributed by atoms with Gasteiger partial charge in [-0.3, -0.25) is 9.59 Å². The SMILES string of the molecule is CC(=NNC(=O)CCc1ccccc1)c1ccc(NC(=O)C2CC2)cc1. The van der Waals surface area contributed by atoms with Crippen LogP contribution >= 0.6 is 0 Å². The standard InChI is InChI=1S/C21H23N3O2/c1-15(23-24-20(25)14-7-16-5-3-2-4-6-16)17-10-12-19(13-11-17)22-21(26)18-8-9-18/h2-6,10-13,18H,7-9,14H2,1H3,(H,22,26)(H,24,25). The van der Waals surface area contributed by atoms with Crippen LogP contribution < -0.4 is 10.7 Å². The summed E-state index contributed by atoms with van der Waals surface area (Å²) in [7, 11) is 0. The highest BCUT2D eigenvalue weighted by molar-refractivity contribution is 6.00. The van der Waals surface area contributed by atoms with Crippen LogP contribution in [0.5, 0.6) is 0 Å². The smallest absolute Gasteiger partial charge is 0.240 e. The van der Waals surface area contributed by atoms with Gasteiger partial charge in [-0.15, -0.1) is 0 Å². The van der Waals surface area contributed by atoms with Crippen molar-refractivity contribution in [3.8, 4) is 0 Å². The summed E-state index contributed by atoms with van der Waals surface area (Å²) < 4.78 is 0. The lowest BCUT2D eigenvalue weighted by molar-refractivity contribution is -0.121. The molecule has 0 unspecified atom stereocenters. The first kappa shape index (κ1) is 17.9. The van der Waals surface area contributed by atoms with E-state index in [9.17, 15) is 9.59 Å². The second kappa shape index (κ2) is 8.43. The molecule has 26 heavy (non-hydrogen) atoms. The summed E-state index contributed by atoms with van der Waals surface area (Å²) in [6, 6.07) is 17.4. The Labute approximate surface area is 153 Å². The largest absolute Gasteiger partial charge is 0.326 e. The Morgan fingerprint density at radius 2 is 1.73 bits per heavy atom. The number of nitrogens with one attached hydrogen (secondary N) is 2. The van der Waals surface area contributed by atoms with E-state index in [2.05, 4.69) is 15.8 Å². The normalized spacial score (nSPS) is 14.0. The van der Waals surface area contributed by atoms with E-state index in [1.807, 2.05) is 61.5 Å². The molecule has 2 N–H and O–H groups in total. The number of anilines is 1. The Bertz CT molecular complexity index is 794. The van der Waals surface area contributed by atoms with E-state index in [1.54, 1.807) is 0 Å². The number of hydrazone groups is 1. The molecule has 5 heteroatoms. The van der Waals surface area contributed by atoms with Crippen molar-refractivity contribution in [2.75, 3.05) is 5.32 Å². The Morgan fingerprint density at radius 1 is 1.04 bits per heavy atom. The molecular weight excluding hydrogens is 326 g/mol. The van der Waals surface area contributed by atoms with E-state index in [1.165, 1.54) is 0 Å². The van der Waals surface area contributed by atoms with Crippen LogP contribution in [0.3, 0.4) is 0 Å². The van der Waals surface area contributed by atoms with E-state index in [4.69, 9.17) is 0 Å². The summed E-state index contributed by atoms with van der Waals surface area (Å²) in [4.78, 5) is 23.7. The molecule has 0 radical (unpaired) electrons. The Kier molecular flexibility index (Phi) is 5.79. The predicted molar refractivity (Wildman–Crippen MR) is 103 cm³/mol. The van der Waals surface area contributed by atoms with E-state index in [0.717, 1.165) is 35.4 Å². The summed E-state index contributed by atoms with van der Waals surface area (Å²) >= 11 is 0. The first-order valence-electron chi connectivity index (χ1n) is 8.90. The van der Waals surface area contributed by atoms with Crippen LogP contribution in [0.4, 0.5) is 5.69 Å². The van der Waals surface area contributed by atoms with Crippen molar-refractivity contribution < 1.29 is 9.59 Å². The molecule has 2 amide bonds. The summed E-state index contributed by atoms with van der Waals surface area (Å²) in [5, 5.41) is 7.07. The Hall–Kier alpha value is -2.95. The van der Waals surface area contributed by atoms with Crippen LogP contribution in [-0.4, -0.2) is 17.5 Å². The second-order valence-corrected chi connectivity index (χ2v) is 6.56. The number of hydrogen-bond donors (Lipinski definition) is 2. The maximum atomic E-state index is 11.9. The van der Waals surface area contributed by atoms with Gasteiger partial charge in [0.1, 0.15) is 0 Å². The van der Waals surface area contributed by atoms with Gasteiger partial charge in [-0.2, -0.15) is 5.10 Å². The van der Waals surface area contributed by atoms with Crippen LogP contribution in [0.2, 0.25) is 0 Å². The van der Waals surface area contributed by atoms with Gasteiger partial charge >= 0.3 is 0 Å². The highest BCUT2D eigenvalue weighted by Gasteiger charge is 2.29. The first-order valence-corrected chi connectivity index (χ1v) is 8.90. The average molecular weight is 349 g/mol. The molecular formula is C21H23N3O2. The van der Waals surface area contributed by atoms with Crippen LogP contribution in [0.15, 0.2) is 59.7 Å². The third-order valence-corrected chi connectivity index (χ3v) is 4.35. The highest BCUT2D eigenvalue weighted by atomic mass is 16.2. The van der Waals surface area contributed by atoms with Crippen molar-refractivity contribution in [3.05, 3.63) is 65.7 Å². The molecule has 2 aromatic rings. The molecule has 1 aliphatic rings. The van der Waals surface area contributed by atoms with Crippen molar-refractivity contribution >= 4 is 23.2 Å². The van der Waals surface area contributed by atoms with Gasteiger partial charge in [0.25, 0.3) is 0 Å². The first-order chi connectivity index (χ1) is 12.6. The maximum absolute atomic E-state index is 11.9. The lowest BCUT2D eigenvalue weighted by Crippen LogP contribution is -2.19. The molecule has 1 aliphatic carbocycles. The third-order valence-electron chi connectivity index (χ3n) is 4.35. The predicted octanol–water partition coefficient (Wildman–Crippen LogP) is 3.51. The minimum Gasteiger partial charge on any atom is -0.326 e. The highest BCUT2D eigenvalue weighted by Crippen LogP contribution is 2.30. The number of carbonyl (C=O) groups is 2. The molecule has 2 aromatic carbocycles. The fourth-order valence-electron chi connectivity index (χ4n) is 2.55. The van der Waals surface area contributed by atoms with Gasteiger partial charge in [-0.05, 0) is 49.4 Å². The molecule has 1 saturated carbocycles. The van der Waals surface area contributed by atoms with Crippen LogP contribution in [0.25, 0.3) is 0 Å². The quantitative estimate of drug-likeness (QED) is 0.593. The fraction of sp³-hybridized carbons (Fsp3) is 0.286. The molecule has 0 bridgehead atoms. The van der Waals surface area contributed by atoms with E-state index < -0.39 is 0 Å². The monoisotopic (exact) mass is 349 g/mol. The molecule has 0 spiro atoms. The molecule has 0 saturated heterocycles. The lowest BCUT2D eigenvalue weighted by Gasteiger charge is -2.06.